The lowest BCUT2D eigenvalue weighted by Crippen LogP contribution is -2.03. The van der Waals surface area contributed by atoms with Gasteiger partial charge in [-0.15, -0.1) is 11.8 Å². The normalized spacial score (nSPS) is 10.4. The molecule has 0 atom stereocenters. The molecule has 0 aliphatic rings. The van der Waals surface area contributed by atoms with E-state index in [1.165, 1.54) is 173 Å². The molecule has 336 valence electrons. The maximum Gasteiger partial charge on any atom is 0.136 e. The fraction of sp³-hybridized carbons (Fsp3) is 0.655. The summed E-state index contributed by atoms with van der Waals surface area (Å²) in [5.41, 5.74) is 3.37. The Morgan fingerprint density at radius 3 is 1.02 bits per heavy atom. The molecular formula is C58H86O3. The van der Waals surface area contributed by atoms with E-state index in [0.29, 0.717) is 19.8 Å². The van der Waals surface area contributed by atoms with E-state index in [9.17, 15) is 0 Å². The minimum atomic E-state index is 0.656. The van der Waals surface area contributed by atoms with E-state index in [1.807, 2.05) is 44.2 Å². The zero-order chi connectivity index (χ0) is 43.7. The van der Waals surface area contributed by atoms with Gasteiger partial charge in [0.2, 0.25) is 0 Å². The molecule has 3 heteroatoms. The molecule has 0 bridgehead atoms. The summed E-state index contributed by atoms with van der Waals surface area (Å²) >= 11 is 0. The molecule has 2 aromatic rings. The summed E-state index contributed by atoms with van der Waals surface area (Å²) in [6, 6.07) is 10.0. The fourth-order valence-corrected chi connectivity index (χ4v) is 7.61. The second kappa shape index (κ2) is 39.0. The summed E-state index contributed by atoms with van der Waals surface area (Å²) < 4.78 is 19.0. The van der Waals surface area contributed by atoms with Crippen molar-refractivity contribution in [2.75, 3.05) is 19.8 Å². The Kier molecular flexibility index (Phi) is 34.0. The number of hydrogen-bond acceptors (Lipinski definition) is 3. The van der Waals surface area contributed by atoms with Crippen molar-refractivity contribution in [2.45, 2.75) is 227 Å². The number of unbranched alkanes of at least 4 members (excludes halogenated alkanes) is 27. The summed E-state index contributed by atoms with van der Waals surface area (Å²) in [5, 5.41) is 0. The largest absolute Gasteiger partial charge is 0.492 e. The van der Waals surface area contributed by atoms with Gasteiger partial charge in [-0.25, -0.2) is 0 Å². The Hall–Kier alpha value is -3.92. The van der Waals surface area contributed by atoms with Gasteiger partial charge in [-0.3, -0.25) is 0 Å². The smallest absolute Gasteiger partial charge is 0.136 e. The van der Waals surface area contributed by atoms with Gasteiger partial charge in [0.25, 0.3) is 0 Å². The van der Waals surface area contributed by atoms with Crippen LogP contribution in [0.25, 0.3) is 0 Å². The van der Waals surface area contributed by atoms with Crippen LogP contribution in [0.3, 0.4) is 0 Å². The van der Waals surface area contributed by atoms with E-state index in [2.05, 4.69) is 68.1 Å². The van der Waals surface area contributed by atoms with Crippen LogP contribution >= 0.6 is 0 Å². The molecule has 0 N–H and O–H groups in total. The third-order valence-electron chi connectivity index (χ3n) is 11.3. The predicted octanol–water partition coefficient (Wildman–Crippen LogP) is 16.7. The first-order valence-corrected chi connectivity index (χ1v) is 25.2. The van der Waals surface area contributed by atoms with Crippen molar-refractivity contribution in [3.63, 3.8) is 0 Å². The van der Waals surface area contributed by atoms with Gasteiger partial charge in [-0.1, -0.05) is 212 Å². The van der Waals surface area contributed by atoms with Gasteiger partial charge in [-0.05, 0) is 69.1 Å². The summed E-state index contributed by atoms with van der Waals surface area (Å²) in [4.78, 5) is 0. The van der Waals surface area contributed by atoms with Crippen molar-refractivity contribution >= 4 is 0 Å². The second-order valence-electron chi connectivity index (χ2n) is 16.9. The van der Waals surface area contributed by atoms with Gasteiger partial charge in [0.05, 0.1) is 36.5 Å². The molecule has 0 spiro atoms. The summed E-state index contributed by atoms with van der Waals surface area (Å²) in [5.74, 6) is 27.7. The van der Waals surface area contributed by atoms with E-state index in [4.69, 9.17) is 14.2 Å². The summed E-state index contributed by atoms with van der Waals surface area (Å²) in [6.45, 7) is 12.6. The number of ether oxygens (including phenoxy) is 3. The van der Waals surface area contributed by atoms with E-state index < -0.39 is 0 Å². The van der Waals surface area contributed by atoms with Crippen LogP contribution in [0.15, 0.2) is 30.3 Å². The minimum absolute atomic E-state index is 0.656. The van der Waals surface area contributed by atoms with Gasteiger partial charge in [0.15, 0.2) is 0 Å². The Morgan fingerprint density at radius 2 is 0.639 bits per heavy atom. The van der Waals surface area contributed by atoms with E-state index in [-0.39, 0.29) is 0 Å². The van der Waals surface area contributed by atoms with Crippen LogP contribution in [0.5, 0.6) is 17.2 Å². The molecule has 0 saturated heterocycles. The number of hydrogen-bond donors (Lipinski definition) is 0. The maximum atomic E-state index is 6.41. The van der Waals surface area contributed by atoms with E-state index in [0.717, 1.165) is 58.8 Å². The van der Waals surface area contributed by atoms with Crippen LogP contribution in [0.4, 0.5) is 0 Å². The first-order chi connectivity index (χ1) is 30.2. The molecule has 0 amide bonds. The zero-order valence-corrected chi connectivity index (χ0v) is 39.9. The topological polar surface area (TPSA) is 27.7 Å². The van der Waals surface area contributed by atoms with Crippen molar-refractivity contribution in [1.82, 2.24) is 0 Å². The van der Waals surface area contributed by atoms with Crippen LogP contribution in [-0.4, -0.2) is 19.8 Å². The molecule has 3 nitrogen and oxygen atoms in total. The van der Waals surface area contributed by atoms with Crippen LogP contribution in [0.2, 0.25) is 0 Å². The van der Waals surface area contributed by atoms with Crippen molar-refractivity contribution in [2.24, 2.45) is 0 Å². The second-order valence-corrected chi connectivity index (χ2v) is 16.9. The molecular weight excluding hydrogens is 745 g/mol. The highest BCUT2D eigenvalue weighted by molar-refractivity contribution is 5.60. The van der Waals surface area contributed by atoms with Gasteiger partial charge >= 0.3 is 0 Å². The molecule has 0 aliphatic carbocycles. The van der Waals surface area contributed by atoms with Crippen molar-refractivity contribution in [3.8, 4) is 64.6 Å². The summed E-state index contributed by atoms with van der Waals surface area (Å²) in [6.07, 6.45) is 39.0. The Balaban J connectivity index is 2.05. The molecule has 0 unspecified atom stereocenters. The Morgan fingerprint density at radius 1 is 0.328 bits per heavy atom. The molecule has 0 fully saturated rings. The third-order valence-corrected chi connectivity index (χ3v) is 11.3. The van der Waals surface area contributed by atoms with Gasteiger partial charge in [0, 0.05) is 17.7 Å². The molecule has 2 rings (SSSR count). The average molecular weight is 831 g/mol. The van der Waals surface area contributed by atoms with Crippen molar-refractivity contribution in [1.29, 1.82) is 0 Å². The molecule has 0 saturated carbocycles. The lowest BCUT2D eigenvalue weighted by atomic mass is 10.1. The molecule has 0 heterocycles. The summed E-state index contributed by atoms with van der Waals surface area (Å²) in [7, 11) is 0. The minimum Gasteiger partial charge on any atom is -0.492 e. The highest BCUT2D eigenvalue weighted by Crippen LogP contribution is 2.29. The quantitative estimate of drug-likeness (QED) is 0.0506. The Bertz CT molecular complexity index is 1660. The number of rotatable bonds is 36. The maximum absolute atomic E-state index is 6.41. The third kappa shape index (κ3) is 27.6. The molecule has 2 aromatic carbocycles. The van der Waals surface area contributed by atoms with Crippen molar-refractivity contribution < 1.29 is 14.2 Å². The lowest BCUT2D eigenvalue weighted by Gasteiger charge is -2.14. The van der Waals surface area contributed by atoms with E-state index in [1.54, 1.807) is 0 Å². The number of benzene rings is 2. The molecule has 61 heavy (non-hydrogen) atoms. The van der Waals surface area contributed by atoms with Crippen LogP contribution < -0.4 is 14.2 Å². The van der Waals surface area contributed by atoms with Gasteiger partial charge in [-0.2, -0.15) is 0 Å². The van der Waals surface area contributed by atoms with Crippen molar-refractivity contribution in [3.05, 3.63) is 52.6 Å². The molecule has 0 aromatic heterocycles. The standard InChI is InChI=1S/C58H86O3/c1-6-11-14-17-20-23-26-29-32-37-46-59-56-45-44-52(49-53(56)40-9-4)42-35-36-43-55-51-57(60-47-38-33-30-27-24-21-18-15-12-7-2)54(41-10-5)50-58(55)61-48-39-34-31-28-25-22-19-16-13-8-3/h44-45,49-51H,6-8,11-34,37-39,46-48H2,1-5H3. The highest BCUT2D eigenvalue weighted by atomic mass is 16.5. The highest BCUT2D eigenvalue weighted by Gasteiger charge is 2.11. The predicted molar refractivity (Wildman–Crippen MR) is 264 cm³/mol. The van der Waals surface area contributed by atoms with Crippen LogP contribution in [-0.2, 0) is 0 Å². The molecule has 0 aliphatic heterocycles. The van der Waals surface area contributed by atoms with Gasteiger partial charge < -0.3 is 14.2 Å². The van der Waals surface area contributed by atoms with E-state index >= 15 is 0 Å². The van der Waals surface area contributed by atoms with Crippen LogP contribution in [0.1, 0.15) is 249 Å². The van der Waals surface area contributed by atoms with Gasteiger partial charge in [0.1, 0.15) is 17.2 Å². The molecule has 0 radical (unpaired) electrons. The van der Waals surface area contributed by atoms with Crippen LogP contribution in [0, 0.1) is 47.4 Å². The zero-order valence-electron chi connectivity index (χ0n) is 39.9. The fourth-order valence-electron chi connectivity index (χ4n) is 7.61. The first kappa shape index (κ1) is 53.2. The SMILES string of the molecule is CC#Cc1cc(C#CC#Cc2cc(OCCCCCCCCCCCC)c(C#CC)cc2OCCCCCCCCCCCC)ccc1OCCCCCCCCCCCC. The first-order valence-electron chi connectivity index (χ1n) is 25.2. The average Bonchev–Trinajstić information content (AvgIpc) is 3.27. The lowest BCUT2D eigenvalue weighted by molar-refractivity contribution is 0.295. The monoisotopic (exact) mass is 831 g/mol. The Labute approximate surface area is 377 Å².